The fraction of sp³-hybridized carbons (Fsp3) is 0.647. The molecule has 0 N–H and O–H groups in total. The van der Waals surface area contributed by atoms with Crippen LogP contribution in [0.1, 0.15) is 37.7 Å². The predicted octanol–water partition coefficient (Wildman–Crippen LogP) is 3.89. The van der Waals surface area contributed by atoms with Crippen molar-refractivity contribution >= 4 is 11.6 Å². The largest absolute Gasteiger partial charge is 0.304 e. The van der Waals surface area contributed by atoms with Gasteiger partial charge in [-0.25, -0.2) is 4.39 Å². The number of rotatable bonds is 2. The van der Waals surface area contributed by atoms with Gasteiger partial charge in [-0.1, -0.05) is 36.9 Å². The standard InChI is InChI=1S/C17H24ClFN2/c1-20-9-11-21(12-10-20)17(7-3-2-4-8-17)14-5-6-16(19)15(18)13-14/h5-6,13H,2-4,7-12H2,1H3. The van der Waals surface area contributed by atoms with Crippen LogP contribution in [0.4, 0.5) is 4.39 Å². The van der Waals surface area contributed by atoms with Crippen LogP contribution in [-0.4, -0.2) is 43.0 Å². The molecule has 2 nitrogen and oxygen atoms in total. The summed E-state index contributed by atoms with van der Waals surface area (Å²) in [7, 11) is 2.18. The Kier molecular flexibility index (Phi) is 4.53. The summed E-state index contributed by atoms with van der Waals surface area (Å²) >= 11 is 6.06. The number of likely N-dealkylation sites (N-methyl/N-ethyl adjacent to an activating group) is 1. The van der Waals surface area contributed by atoms with E-state index in [1.165, 1.54) is 43.7 Å². The van der Waals surface area contributed by atoms with Crippen molar-refractivity contribution in [3.63, 3.8) is 0 Å². The molecule has 0 aromatic heterocycles. The lowest BCUT2D eigenvalue weighted by atomic mass is 9.75. The van der Waals surface area contributed by atoms with Crippen LogP contribution < -0.4 is 0 Å². The summed E-state index contributed by atoms with van der Waals surface area (Å²) in [6.45, 7) is 4.39. The molecule has 0 amide bonds. The molecule has 1 saturated heterocycles. The van der Waals surface area contributed by atoms with Crippen molar-refractivity contribution in [3.8, 4) is 0 Å². The van der Waals surface area contributed by atoms with Crippen LogP contribution in [0.15, 0.2) is 18.2 Å². The Bertz CT molecular complexity index is 492. The molecule has 1 aliphatic carbocycles. The maximum absolute atomic E-state index is 13.5. The molecule has 2 aliphatic rings. The van der Waals surface area contributed by atoms with Gasteiger partial charge in [-0.15, -0.1) is 0 Å². The van der Waals surface area contributed by atoms with E-state index in [1.807, 2.05) is 12.1 Å². The first-order valence-corrected chi connectivity index (χ1v) is 8.39. The van der Waals surface area contributed by atoms with Crippen LogP contribution in [0.25, 0.3) is 0 Å². The number of hydrogen-bond donors (Lipinski definition) is 0. The lowest BCUT2D eigenvalue weighted by Gasteiger charge is -2.50. The monoisotopic (exact) mass is 310 g/mol. The maximum atomic E-state index is 13.5. The second kappa shape index (κ2) is 6.23. The summed E-state index contributed by atoms with van der Waals surface area (Å²) in [5.41, 5.74) is 1.27. The van der Waals surface area contributed by atoms with Crippen molar-refractivity contribution in [1.29, 1.82) is 0 Å². The van der Waals surface area contributed by atoms with E-state index in [-0.39, 0.29) is 16.4 Å². The minimum Gasteiger partial charge on any atom is -0.304 e. The van der Waals surface area contributed by atoms with Gasteiger partial charge in [0.2, 0.25) is 0 Å². The molecular formula is C17H24ClFN2. The highest BCUT2D eigenvalue weighted by Crippen LogP contribution is 2.43. The van der Waals surface area contributed by atoms with Crippen LogP contribution in [-0.2, 0) is 5.54 Å². The molecule has 1 aromatic rings. The van der Waals surface area contributed by atoms with E-state index >= 15 is 0 Å². The Hall–Kier alpha value is -0.640. The molecule has 0 spiro atoms. The Labute approximate surface area is 131 Å². The van der Waals surface area contributed by atoms with Gasteiger partial charge in [0.1, 0.15) is 5.82 Å². The summed E-state index contributed by atoms with van der Waals surface area (Å²) in [6.07, 6.45) is 6.14. The summed E-state index contributed by atoms with van der Waals surface area (Å²) in [5.74, 6) is -0.315. The molecule has 21 heavy (non-hydrogen) atoms. The van der Waals surface area contributed by atoms with E-state index in [1.54, 1.807) is 0 Å². The quantitative estimate of drug-likeness (QED) is 0.818. The zero-order chi connectivity index (χ0) is 14.9. The van der Waals surface area contributed by atoms with Crippen LogP contribution in [0.2, 0.25) is 5.02 Å². The number of piperazine rings is 1. The van der Waals surface area contributed by atoms with Crippen molar-refractivity contribution in [3.05, 3.63) is 34.6 Å². The van der Waals surface area contributed by atoms with Crippen molar-refractivity contribution in [2.45, 2.75) is 37.6 Å². The maximum Gasteiger partial charge on any atom is 0.141 e. The van der Waals surface area contributed by atoms with Crippen LogP contribution in [0.5, 0.6) is 0 Å². The van der Waals surface area contributed by atoms with Gasteiger partial charge in [-0.3, -0.25) is 4.90 Å². The first-order valence-electron chi connectivity index (χ1n) is 8.01. The number of hydrogen-bond acceptors (Lipinski definition) is 2. The molecule has 4 heteroatoms. The Morgan fingerprint density at radius 1 is 1.05 bits per heavy atom. The minimum atomic E-state index is -0.315. The van der Waals surface area contributed by atoms with E-state index in [0.717, 1.165) is 26.2 Å². The van der Waals surface area contributed by atoms with Crippen molar-refractivity contribution in [2.75, 3.05) is 33.2 Å². The number of nitrogens with zero attached hydrogens (tertiary/aromatic N) is 2. The zero-order valence-electron chi connectivity index (χ0n) is 12.7. The van der Waals surface area contributed by atoms with Crippen molar-refractivity contribution in [2.24, 2.45) is 0 Å². The zero-order valence-corrected chi connectivity index (χ0v) is 13.5. The molecule has 1 saturated carbocycles. The van der Waals surface area contributed by atoms with Gasteiger partial charge in [0.15, 0.2) is 0 Å². The number of benzene rings is 1. The molecule has 0 bridgehead atoms. The van der Waals surface area contributed by atoms with E-state index in [0.29, 0.717) is 0 Å². The Balaban J connectivity index is 1.94. The normalized spacial score (nSPS) is 24.1. The SMILES string of the molecule is CN1CCN(C2(c3ccc(F)c(Cl)c3)CCCCC2)CC1. The van der Waals surface area contributed by atoms with Crippen LogP contribution >= 0.6 is 11.6 Å². The smallest absolute Gasteiger partial charge is 0.141 e. The molecule has 0 unspecified atom stereocenters. The summed E-state index contributed by atoms with van der Waals surface area (Å²) in [5, 5.41) is 0.256. The molecule has 2 fully saturated rings. The first kappa shape index (κ1) is 15.3. The highest BCUT2D eigenvalue weighted by atomic mass is 35.5. The Morgan fingerprint density at radius 2 is 1.71 bits per heavy atom. The fourth-order valence-corrected chi connectivity index (χ4v) is 4.12. The lowest BCUT2D eigenvalue weighted by molar-refractivity contribution is 0.0102. The van der Waals surface area contributed by atoms with Gasteiger partial charge in [-0.2, -0.15) is 0 Å². The van der Waals surface area contributed by atoms with E-state index in [4.69, 9.17) is 11.6 Å². The van der Waals surface area contributed by atoms with Gasteiger partial charge in [0, 0.05) is 31.7 Å². The van der Waals surface area contributed by atoms with Gasteiger partial charge in [-0.05, 0) is 37.6 Å². The van der Waals surface area contributed by atoms with Crippen LogP contribution in [0, 0.1) is 5.82 Å². The topological polar surface area (TPSA) is 6.48 Å². The van der Waals surface area contributed by atoms with Gasteiger partial charge in [0.25, 0.3) is 0 Å². The third-order valence-corrected chi connectivity index (χ3v) is 5.54. The third kappa shape index (κ3) is 2.96. The molecule has 1 heterocycles. The third-order valence-electron chi connectivity index (χ3n) is 5.25. The minimum absolute atomic E-state index is 0.0663. The van der Waals surface area contributed by atoms with Crippen LogP contribution in [0.3, 0.4) is 0 Å². The van der Waals surface area contributed by atoms with E-state index in [2.05, 4.69) is 16.8 Å². The predicted molar refractivity (Wildman–Crippen MR) is 85.2 cm³/mol. The van der Waals surface area contributed by atoms with E-state index < -0.39 is 0 Å². The van der Waals surface area contributed by atoms with Gasteiger partial charge < -0.3 is 4.90 Å². The molecule has 1 aliphatic heterocycles. The fourth-order valence-electron chi connectivity index (χ4n) is 3.94. The highest BCUT2D eigenvalue weighted by Gasteiger charge is 2.40. The molecule has 1 aromatic carbocycles. The van der Waals surface area contributed by atoms with Gasteiger partial charge in [0.05, 0.1) is 5.02 Å². The summed E-state index contributed by atoms with van der Waals surface area (Å²) in [4.78, 5) is 5.00. The average Bonchev–Trinajstić information content (AvgIpc) is 2.51. The molecule has 116 valence electrons. The van der Waals surface area contributed by atoms with E-state index in [9.17, 15) is 4.39 Å². The molecule has 0 radical (unpaired) electrons. The molecular weight excluding hydrogens is 287 g/mol. The molecule has 0 atom stereocenters. The Morgan fingerprint density at radius 3 is 2.33 bits per heavy atom. The second-order valence-corrected chi connectivity index (χ2v) is 6.92. The number of halogens is 2. The average molecular weight is 311 g/mol. The van der Waals surface area contributed by atoms with Crippen molar-refractivity contribution in [1.82, 2.24) is 9.80 Å². The lowest BCUT2D eigenvalue weighted by Crippen LogP contribution is -2.55. The summed E-state index contributed by atoms with van der Waals surface area (Å²) < 4.78 is 13.5. The van der Waals surface area contributed by atoms with Crippen molar-refractivity contribution < 1.29 is 4.39 Å². The first-order chi connectivity index (χ1) is 10.1. The summed E-state index contributed by atoms with van der Waals surface area (Å²) in [6, 6.07) is 5.34. The second-order valence-electron chi connectivity index (χ2n) is 6.51. The highest BCUT2D eigenvalue weighted by molar-refractivity contribution is 6.30. The molecule has 3 rings (SSSR count). The van der Waals surface area contributed by atoms with Gasteiger partial charge >= 0.3 is 0 Å².